The van der Waals surface area contributed by atoms with E-state index < -0.39 is 0 Å². The highest BCUT2D eigenvalue weighted by Crippen LogP contribution is 2.44. The van der Waals surface area contributed by atoms with Crippen LogP contribution in [0.4, 0.5) is 0 Å². The van der Waals surface area contributed by atoms with Gasteiger partial charge in [-0.15, -0.1) is 0 Å². The molecule has 0 bridgehead atoms. The van der Waals surface area contributed by atoms with Crippen molar-refractivity contribution >= 4 is 5.78 Å². The van der Waals surface area contributed by atoms with E-state index in [0.29, 0.717) is 23.7 Å². The van der Waals surface area contributed by atoms with Gasteiger partial charge in [0.25, 0.3) is 0 Å². The minimum atomic E-state index is -0.338. The van der Waals surface area contributed by atoms with Gasteiger partial charge in [0.05, 0.1) is 17.6 Å². The lowest BCUT2D eigenvalue weighted by Gasteiger charge is -2.37. The summed E-state index contributed by atoms with van der Waals surface area (Å²) in [5.41, 5.74) is 10.6. The van der Waals surface area contributed by atoms with Crippen LogP contribution in [0, 0.1) is 11.3 Å². The molecule has 0 saturated carbocycles. The molecule has 0 spiro atoms. The number of nitriles is 1. The van der Waals surface area contributed by atoms with E-state index in [2.05, 4.69) is 32.0 Å². The lowest BCUT2D eigenvalue weighted by Crippen LogP contribution is -2.36. The molecule has 0 aromatic heterocycles. The van der Waals surface area contributed by atoms with E-state index in [0.717, 1.165) is 29.7 Å². The topological polar surface area (TPSA) is 70.1 Å². The molecule has 1 aromatic carbocycles. The van der Waals surface area contributed by atoms with E-state index in [1.807, 2.05) is 24.1 Å². The fourth-order valence-corrected chi connectivity index (χ4v) is 3.67. The van der Waals surface area contributed by atoms with Gasteiger partial charge < -0.3 is 10.6 Å². The van der Waals surface area contributed by atoms with Gasteiger partial charge in [0.1, 0.15) is 5.82 Å². The molecule has 0 saturated heterocycles. The molecule has 0 radical (unpaired) electrons. The van der Waals surface area contributed by atoms with Crippen molar-refractivity contribution in [3.05, 3.63) is 58.1 Å². The number of carbonyl (C=O) groups is 1. The highest BCUT2D eigenvalue weighted by atomic mass is 16.1. The third-order valence-corrected chi connectivity index (χ3v) is 5.11. The van der Waals surface area contributed by atoms with Crippen molar-refractivity contribution in [1.29, 1.82) is 5.26 Å². The molecule has 24 heavy (non-hydrogen) atoms. The second kappa shape index (κ2) is 6.16. The van der Waals surface area contributed by atoms with Crippen molar-refractivity contribution in [3.8, 4) is 6.07 Å². The average molecular weight is 321 g/mol. The van der Waals surface area contributed by atoms with Crippen LogP contribution in [0.3, 0.4) is 0 Å². The van der Waals surface area contributed by atoms with Crippen molar-refractivity contribution in [1.82, 2.24) is 4.90 Å². The van der Waals surface area contributed by atoms with Gasteiger partial charge in [-0.1, -0.05) is 38.1 Å². The van der Waals surface area contributed by atoms with Crippen LogP contribution in [-0.2, 0) is 4.79 Å². The highest BCUT2D eigenvalue weighted by molar-refractivity contribution is 5.99. The van der Waals surface area contributed by atoms with E-state index >= 15 is 0 Å². The maximum absolute atomic E-state index is 12.6. The summed E-state index contributed by atoms with van der Waals surface area (Å²) in [6.07, 6.45) is 2.22. The number of hydrogen-bond acceptors (Lipinski definition) is 4. The number of benzene rings is 1. The van der Waals surface area contributed by atoms with Crippen LogP contribution in [0.15, 0.2) is 46.9 Å². The Labute approximate surface area is 143 Å². The van der Waals surface area contributed by atoms with Crippen molar-refractivity contribution in [2.24, 2.45) is 5.73 Å². The van der Waals surface area contributed by atoms with Gasteiger partial charge in [0, 0.05) is 24.7 Å². The highest BCUT2D eigenvalue weighted by Gasteiger charge is 2.38. The summed E-state index contributed by atoms with van der Waals surface area (Å²) < 4.78 is 0. The third kappa shape index (κ3) is 2.50. The first kappa shape index (κ1) is 16.3. The predicted octanol–water partition coefficient (Wildman–Crippen LogP) is 3.54. The molecule has 2 N–H and O–H groups in total. The van der Waals surface area contributed by atoms with E-state index in [-0.39, 0.29) is 11.7 Å². The Balaban J connectivity index is 2.16. The quantitative estimate of drug-likeness (QED) is 0.904. The van der Waals surface area contributed by atoms with Crippen LogP contribution in [0.2, 0.25) is 0 Å². The number of nitrogens with zero attached hydrogens (tertiary/aromatic N) is 2. The smallest absolute Gasteiger partial charge is 0.161 e. The Morgan fingerprint density at radius 3 is 2.50 bits per heavy atom. The van der Waals surface area contributed by atoms with Gasteiger partial charge in [-0.25, -0.2) is 0 Å². The van der Waals surface area contributed by atoms with Crippen LogP contribution >= 0.6 is 0 Å². The second-order valence-corrected chi connectivity index (χ2v) is 6.86. The third-order valence-electron chi connectivity index (χ3n) is 5.11. The van der Waals surface area contributed by atoms with E-state index in [4.69, 9.17) is 5.73 Å². The Bertz CT molecular complexity index is 778. The summed E-state index contributed by atoms with van der Waals surface area (Å²) >= 11 is 0. The zero-order valence-electron chi connectivity index (χ0n) is 14.5. The number of rotatable bonds is 2. The monoisotopic (exact) mass is 321 g/mol. The Hall–Kier alpha value is -2.54. The zero-order valence-corrected chi connectivity index (χ0v) is 14.5. The first-order chi connectivity index (χ1) is 11.5. The summed E-state index contributed by atoms with van der Waals surface area (Å²) in [6, 6.07) is 10.5. The number of Topliss-reactive ketones (excluding diaryl/α,β-unsaturated/α-hetero) is 1. The molecular formula is C20H23N3O. The first-order valence-corrected chi connectivity index (χ1v) is 8.45. The van der Waals surface area contributed by atoms with Gasteiger partial charge in [-0.3, -0.25) is 4.79 Å². The molecule has 2 aliphatic rings. The fraction of sp³-hybridized carbons (Fsp3) is 0.400. The largest absolute Gasteiger partial charge is 0.384 e. The molecule has 1 atom stereocenters. The molecule has 0 unspecified atom stereocenters. The Kier molecular flexibility index (Phi) is 4.19. The number of hydrogen-bond donors (Lipinski definition) is 1. The van der Waals surface area contributed by atoms with Crippen molar-refractivity contribution < 1.29 is 4.79 Å². The number of nitrogens with two attached hydrogens (primary N) is 1. The molecular weight excluding hydrogens is 298 g/mol. The summed E-state index contributed by atoms with van der Waals surface area (Å²) in [6.45, 7) is 4.29. The lowest BCUT2D eigenvalue weighted by molar-refractivity contribution is -0.116. The van der Waals surface area contributed by atoms with Crippen molar-refractivity contribution in [2.75, 3.05) is 7.05 Å². The van der Waals surface area contributed by atoms with Crippen LogP contribution < -0.4 is 5.73 Å². The normalized spacial score (nSPS) is 21.2. The number of allylic oxidation sites excluding steroid dienone is 3. The molecule has 1 aliphatic carbocycles. The fourth-order valence-electron chi connectivity index (χ4n) is 3.67. The molecule has 4 heteroatoms. The van der Waals surface area contributed by atoms with E-state index in [9.17, 15) is 10.1 Å². The number of carbonyl (C=O) groups excluding carboxylic acids is 1. The molecule has 0 fully saturated rings. The van der Waals surface area contributed by atoms with Crippen LogP contribution in [0.1, 0.15) is 56.1 Å². The van der Waals surface area contributed by atoms with Crippen LogP contribution in [0.25, 0.3) is 0 Å². The molecule has 1 aliphatic heterocycles. The van der Waals surface area contributed by atoms with Crippen molar-refractivity contribution in [2.45, 2.75) is 44.9 Å². The zero-order chi connectivity index (χ0) is 17.4. The summed E-state index contributed by atoms with van der Waals surface area (Å²) in [5.74, 6) is 0.707. The van der Waals surface area contributed by atoms with Crippen LogP contribution in [0.5, 0.6) is 0 Å². The van der Waals surface area contributed by atoms with E-state index in [1.165, 1.54) is 5.56 Å². The lowest BCUT2D eigenvalue weighted by atomic mass is 9.75. The van der Waals surface area contributed by atoms with E-state index in [1.54, 1.807) is 0 Å². The molecule has 1 aromatic rings. The minimum Gasteiger partial charge on any atom is -0.384 e. The molecule has 1 heterocycles. The maximum atomic E-state index is 12.6. The van der Waals surface area contributed by atoms with Crippen molar-refractivity contribution in [3.63, 3.8) is 0 Å². The van der Waals surface area contributed by atoms with Crippen LogP contribution in [-0.4, -0.2) is 17.7 Å². The van der Waals surface area contributed by atoms with Gasteiger partial charge in [-0.05, 0) is 29.9 Å². The van der Waals surface area contributed by atoms with Gasteiger partial charge >= 0.3 is 0 Å². The van der Waals surface area contributed by atoms with Gasteiger partial charge in [0.15, 0.2) is 5.78 Å². The summed E-state index contributed by atoms with van der Waals surface area (Å²) in [5, 5.41) is 9.68. The second-order valence-electron chi connectivity index (χ2n) is 6.86. The Morgan fingerprint density at radius 2 is 1.92 bits per heavy atom. The van der Waals surface area contributed by atoms with Gasteiger partial charge in [-0.2, -0.15) is 5.26 Å². The predicted molar refractivity (Wildman–Crippen MR) is 93.7 cm³/mol. The molecule has 124 valence electrons. The maximum Gasteiger partial charge on any atom is 0.161 e. The first-order valence-electron chi connectivity index (χ1n) is 8.45. The number of ketones is 1. The molecule has 3 rings (SSSR count). The standard InChI is InChI=1S/C20H23N3O/c1-12(2)13-7-9-14(10-8-13)18-15(11-21)20(22)23(3)16-5-4-6-17(24)19(16)18/h7-10,12,18H,4-6,22H2,1-3H3/t18-/m0/s1. The minimum absolute atomic E-state index is 0.140. The SMILES string of the molecule is CC(C)c1ccc([C@H]2C(C#N)=C(N)N(C)C3=C2C(=O)CCC3)cc1. The van der Waals surface area contributed by atoms with Gasteiger partial charge in [0.2, 0.25) is 0 Å². The molecule has 4 nitrogen and oxygen atoms in total. The Morgan fingerprint density at radius 1 is 1.25 bits per heavy atom. The summed E-state index contributed by atoms with van der Waals surface area (Å²) in [4.78, 5) is 14.5. The summed E-state index contributed by atoms with van der Waals surface area (Å²) in [7, 11) is 1.85. The average Bonchev–Trinajstić information content (AvgIpc) is 2.58. The molecule has 0 amide bonds.